The molecule has 0 spiro atoms. The Morgan fingerprint density at radius 2 is 1.92 bits per heavy atom. The van der Waals surface area contributed by atoms with Crippen LogP contribution >= 0.6 is 0 Å². The Bertz CT molecular complexity index is 785. The molecule has 3 aromatic rings. The highest BCUT2D eigenvalue weighted by Gasteiger charge is 2.12. The van der Waals surface area contributed by atoms with Crippen molar-refractivity contribution >= 4 is 5.91 Å². The van der Waals surface area contributed by atoms with E-state index in [1.807, 2.05) is 49.4 Å². The van der Waals surface area contributed by atoms with Gasteiger partial charge in [-0.15, -0.1) is 0 Å². The van der Waals surface area contributed by atoms with Crippen molar-refractivity contribution in [2.24, 2.45) is 0 Å². The Labute approximate surface area is 140 Å². The quantitative estimate of drug-likeness (QED) is 0.754. The number of benzene rings is 1. The van der Waals surface area contributed by atoms with Gasteiger partial charge in [0.15, 0.2) is 11.7 Å². The molecule has 0 bridgehead atoms. The summed E-state index contributed by atoms with van der Waals surface area (Å²) in [6, 6.07) is 13.5. The second kappa shape index (κ2) is 7.55. The number of hydrogen-bond donors (Lipinski definition) is 1. The highest BCUT2D eigenvalue weighted by atomic mass is 16.4. The van der Waals surface area contributed by atoms with Crippen LogP contribution in [-0.2, 0) is 11.2 Å². The van der Waals surface area contributed by atoms with Gasteiger partial charge in [0.1, 0.15) is 0 Å². The fourth-order valence-electron chi connectivity index (χ4n) is 2.43. The first kappa shape index (κ1) is 15.9. The number of nitrogens with zero attached hydrogens (tertiary/aromatic N) is 2. The van der Waals surface area contributed by atoms with Gasteiger partial charge in [-0.25, -0.2) is 4.98 Å². The van der Waals surface area contributed by atoms with Crippen molar-refractivity contribution in [1.82, 2.24) is 15.3 Å². The zero-order valence-corrected chi connectivity index (χ0v) is 13.5. The van der Waals surface area contributed by atoms with Crippen LogP contribution < -0.4 is 5.32 Å². The zero-order valence-electron chi connectivity index (χ0n) is 13.5. The molecule has 1 N–H and O–H groups in total. The van der Waals surface area contributed by atoms with Crippen LogP contribution in [0.4, 0.5) is 0 Å². The molecule has 0 unspecified atom stereocenters. The van der Waals surface area contributed by atoms with E-state index in [-0.39, 0.29) is 11.9 Å². The van der Waals surface area contributed by atoms with Gasteiger partial charge < -0.3 is 9.73 Å². The Balaban J connectivity index is 1.53. The molecule has 5 nitrogen and oxygen atoms in total. The van der Waals surface area contributed by atoms with Gasteiger partial charge in [-0.05, 0) is 24.6 Å². The van der Waals surface area contributed by atoms with E-state index in [4.69, 9.17) is 4.42 Å². The van der Waals surface area contributed by atoms with Gasteiger partial charge in [0.05, 0.1) is 12.2 Å². The zero-order chi connectivity index (χ0) is 16.8. The highest BCUT2D eigenvalue weighted by Crippen LogP contribution is 2.20. The van der Waals surface area contributed by atoms with E-state index >= 15 is 0 Å². The number of rotatable bonds is 6. The average Bonchev–Trinajstić information content (AvgIpc) is 3.10. The number of amides is 1. The molecular formula is C19H19N3O2. The van der Waals surface area contributed by atoms with E-state index in [0.29, 0.717) is 18.7 Å². The van der Waals surface area contributed by atoms with Gasteiger partial charge in [0, 0.05) is 30.8 Å². The molecule has 0 saturated heterocycles. The number of carbonyl (C=O) groups excluding carboxylic acids is 1. The van der Waals surface area contributed by atoms with E-state index in [1.165, 1.54) is 0 Å². The molecule has 24 heavy (non-hydrogen) atoms. The summed E-state index contributed by atoms with van der Waals surface area (Å²) in [5, 5.41) is 2.97. The summed E-state index contributed by atoms with van der Waals surface area (Å²) in [5.41, 5.74) is 2.01. The fraction of sp³-hybridized carbons (Fsp3) is 0.211. The lowest BCUT2D eigenvalue weighted by molar-refractivity contribution is -0.121. The lowest BCUT2D eigenvalue weighted by atomic mass is 10.1. The van der Waals surface area contributed by atoms with Crippen LogP contribution in [0.25, 0.3) is 11.3 Å². The third kappa shape index (κ3) is 4.07. The van der Waals surface area contributed by atoms with E-state index in [2.05, 4.69) is 15.3 Å². The molecule has 0 fully saturated rings. The summed E-state index contributed by atoms with van der Waals surface area (Å²) in [7, 11) is 0. The van der Waals surface area contributed by atoms with E-state index in [1.54, 1.807) is 18.6 Å². The number of hydrogen-bond acceptors (Lipinski definition) is 4. The molecular weight excluding hydrogens is 302 g/mol. The minimum Gasteiger partial charge on any atom is -0.441 e. The van der Waals surface area contributed by atoms with Crippen molar-refractivity contribution in [3.05, 3.63) is 72.5 Å². The summed E-state index contributed by atoms with van der Waals surface area (Å²) in [5.74, 6) is 1.26. The standard InChI is InChI=1S/C19H19N3O2/c1-14(15-9-11-20-12-10-15)22-18(23)7-8-19-21-13-17(24-19)16-5-3-2-4-6-16/h2-6,9-14H,7-8H2,1H3,(H,22,23)/t14-/m0/s1. The molecule has 1 amide bonds. The lowest BCUT2D eigenvalue weighted by Crippen LogP contribution is -2.26. The number of pyridine rings is 1. The van der Waals surface area contributed by atoms with Crippen LogP contribution in [0.15, 0.2) is 65.5 Å². The van der Waals surface area contributed by atoms with Gasteiger partial charge in [-0.2, -0.15) is 0 Å². The highest BCUT2D eigenvalue weighted by molar-refractivity contribution is 5.76. The predicted molar refractivity (Wildman–Crippen MR) is 91.1 cm³/mol. The van der Waals surface area contributed by atoms with Gasteiger partial charge in [-0.1, -0.05) is 30.3 Å². The second-order valence-electron chi connectivity index (χ2n) is 5.55. The number of aryl methyl sites for hydroxylation is 1. The maximum atomic E-state index is 12.1. The minimum atomic E-state index is -0.0510. The molecule has 122 valence electrons. The van der Waals surface area contributed by atoms with Crippen molar-refractivity contribution in [2.45, 2.75) is 25.8 Å². The van der Waals surface area contributed by atoms with Crippen LogP contribution in [0.5, 0.6) is 0 Å². The number of carbonyl (C=O) groups is 1. The van der Waals surface area contributed by atoms with Crippen molar-refractivity contribution < 1.29 is 9.21 Å². The molecule has 3 rings (SSSR count). The van der Waals surface area contributed by atoms with Crippen molar-refractivity contribution in [1.29, 1.82) is 0 Å². The molecule has 2 heterocycles. The molecule has 5 heteroatoms. The van der Waals surface area contributed by atoms with Crippen molar-refractivity contribution in [2.75, 3.05) is 0 Å². The van der Waals surface area contributed by atoms with Gasteiger partial charge >= 0.3 is 0 Å². The van der Waals surface area contributed by atoms with E-state index < -0.39 is 0 Å². The summed E-state index contributed by atoms with van der Waals surface area (Å²) in [4.78, 5) is 20.3. The SMILES string of the molecule is C[C@H](NC(=O)CCc1ncc(-c2ccccc2)o1)c1ccncc1. The van der Waals surface area contributed by atoms with Crippen LogP contribution in [0, 0.1) is 0 Å². The Morgan fingerprint density at radius 3 is 2.67 bits per heavy atom. The molecule has 0 radical (unpaired) electrons. The lowest BCUT2D eigenvalue weighted by Gasteiger charge is -2.13. The topological polar surface area (TPSA) is 68.0 Å². The Kier molecular flexibility index (Phi) is 5.01. The fourth-order valence-corrected chi connectivity index (χ4v) is 2.43. The van der Waals surface area contributed by atoms with Crippen LogP contribution in [0.2, 0.25) is 0 Å². The predicted octanol–water partition coefficient (Wildman–Crippen LogP) is 3.55. The van der Waals surface area contributed by atoms with Gasteiger partial charge in [-0.3, -0.25) is 9.78 Å². The third-order valence-electron chi connectivity index (χ3n) is 3.76. The van der Waals surface area contributed by atoms with Crippen molar-refractivity contribution in [3.63, 3.8) is 0 Å². The molecule has 0 aliphatic carbocycles. The van der Waals surface area contributed by atoms with E-state index in [0.717, 1.165) is 16.9 Å². The summed E-state index contributed by atoms with van der Waals surface area (Å²) in [6.07, 6.45) is 5.94. The van der Waals surface area contributed by atoms with Crippen molar-refractivity contribution in [3.8, 4) is 11.3 Å². The summed E-state index contributed by atoms with van der Waals surface area (Å²) >= 11 is 0. The molecule has 0 aliphatic heterocycles. The average molecular weight is 321 g/mol. The second-order valence-corrected chi connectivity index (χ2v) is 5.55. The summed E-state index contributed by atoms with van der Waals surface area (Å²) < 4.78 is 5.71. The molecule has 1 atom stereocenters. The Hall–Kier alpha value is -2.95. The summed E-state index contributed by atoms with van der Waals surface area (Å²) in [6.45, 7) is 1.95. The first-order chi connectivity index (χ1) is 11.7. The van der Waals surface area contributed by atoms with Crippen LogP contribution in [-0.4, -0.2) is 15.9 Å². The third-order valence-corrected chi connectivity index (χ3v) is 3.76. The van der Waals surface area contributed by atoms with Gasteiger partial charge in [0.2, 0.25) is 5.91 Å². The first-order valence-corrected chi connectivity index (χ1v) is 7.92. The van der Waals surface area contributed by atoms with E-state index in [9.17, 15) is 4.79 Å². The maximum Gasteiger partial charge on any atom is 0.220 e. The minimum absolute atomic E-state index is 0.0289. The molecule has 2 aromatic heterocycles. The Morgan fingerprint density at radius 1 is 1.17 bits per heavy atom. The largest absolute Gasteiger partial charge is 0.441 e. The van der Waals surface area contributed by atoms with Gasteiger partial charge in [0.25, 0.3) is 0 Å². The number of aromatic nitrogens is 2. The molecule has 1 aromatic carbocycles. The normalized spacial score (nSPS) is 11.9. The smallest absolute Gasteiger partial charge is 0.220 e. The van der Waals surface area contributed by atoms with Crippen LogP contribution in [0.3, 0.4) is 0 Å². The monoisotopic (exact) mass is 321 g/mol. The first-order valence-electron chi connectivity index (χ1n) is 7.92. The molecule has 0 saturated carbocycles. The maximum absolute atomic E-state index is 12.1. The van der Waals surface area contributed by atoms with Crippen LogP contribution in [0.1, 0.15) is 30.8 Å². The molecule has 0 aliphatic rings. The number of nitrogens with one attached hydrogen (secondary N) is 1. The number of oxazole rings is 1.